The van der Waals surface area contributed by atoms with E-state index in [-0.39, 0.29) is 0 Å². The molecule has 0 saturated heterocycles. The zero-order valence-corrected chi connectivity index (χ0v) is 14.8. The van der Waals surface area contributed by atoms with Crippen LogP contribution in [0.1, 0.15) is 22.5 Å². The Balaban J connectivity index is 1.38. The highest BCUT2D eigenvalue weighted by Crippen LogP contribution is 2.31. The van der Waals surface area contributed by atoms with Gasteiger partial charge in [0.1, 0.15) is 5.82 Å². The summed E-state index contributed by atoms with van der Waals surface area (Å²) in [7, 11) is 0. The largest absolute Gasteiger partial charge is 0.340 e. The van der Waals surface area contributed by atoms with E-state index in [1.165, 1.54) is 22.5 Å². The van der Waals surface area contributed by atoms with Gasteiger partial charge in [-0.2, -0.15) is 0 Å². The molecule has 25 heavy (non-hydrogen) atoms. The minimum atomic E-state index is 0.609. The molecule has 4 heteroatoms. The van der Waals surface area contributed by atoms with Gasteiger partial charge in [-0.25, -0.2) is 4.98 Å². The van der Waals surface area contributed by atoms with Gasteiger partial charge in [-0.1, -0.05) is 48.0 Å². The van der Waals surface area contributed by atoms with Crippen molar-refractivity contribution >= 4 is 11.6 Å². The van der Waals surface area contributed by atoms with E-state index in [2.05, 4.69) is 34.1 Å². The summed E-state index contributed by atoms with van der Waals surface area (Å²) in [6.45, 7) is 2.03. The average Bonchev–Trinajstić information content (AvgIpc) is 3.25. The van der Waals surface area contributed by atoms with E-state index in [1.807, 2.05) is 24.3 Å². The van der Waals surface area contributed by atoms with E-state index in [4.69, 9.17) is 16.6 Å². The lowest BCUT2D eigenvalue weighted by Crippen LogP contribution is -2.39. The van der Waals surface area contributed by atoms with E-state index in [9.17, 15) is 0 Å². The van der Waals surface area contributed by atoms with Gasteiger partial charge in [0.15, 0.2) is 0 Å². The monoisotopic (exact) mass is 349 g/mol. The number of benzene rings is 2. The lowest BCUT2D eigenvalue weighted by molar-refractivity contribution is 0.181. The summed E-state index contributed by atoms with van der Waals surface area (Å²) in [5.74, 6) is 0.896. The Kier molecular flexibility index (Phi) is 3.65. The number of hydrogen-bond donors (Lipinski definition) is 1. The van der Waals surface area contributed by atoms with Gasteiger partial charge in [0, 0.05) is 31.1 Å². The smallest absolute Gasteiger partial charge is 0.139 e. The van der Waals surface area contributed by atoms with Crippen molar-refractivity contribution in [1.29, 1.82) is 0 Å². The lowest BCUT2D eigenvalue weighted by atomic mass is 10.1. The number of aromatic amines is 1. The van der Waals surface area contributed by atoms with Gasteiger partial charge >= 0.3 is 0 Å². The molecule has 1 N–H and O–H groups in total. The number of fused-ring (bicyclic) bond motifs is 2. The number of nitrogens with zero attached hydrogens (tertiary/aromatic N) is 2. The molecule has 1 aliphatic heterocycles. The fourth-order valence-electron chi connectivity index (χ4n) is 4.20. The molecular formula is C21H20ClN3. The van der Waals surface area contributed by atoms with Gasteiger partial charge in [-0.05, 0) is 36.1 Å². The summed E-state index contributed by atoms with van der Waals surface area (Å²) in [6, 6.07) is 17.4. The molecule has 2 aromatic carbocycles. The van der Waals surface area contributed by atoms with Crippen LogP contribution in [0.3, 0.4) is 0 Å². The third kappa shape index (κ3) is 2.68. The Labute approximate surface area is 152 Å². The second-order valence-corrected chi connectivity index (χ2v) is 7.45. The van der Waals surface area contributed by atoms with Crippen molar-refractivity contribution in [2.24, 2.45) is 0 Å². The van der Waals surface area contributed by atoms with Crippen LogP contribution in [-0.2, 0) is 25.8 Å². The van der Waals surface area contributed by atoms with Crippen molar-refractivity contribution in [3.8, 4) is 11.4 Å². The van der Waals surface area contributed by atoms with E-state index in [0.29, 0.717) is 6.04 Å². The number of hydrogen-bond acceptors (Lipinski definition) is 2. The summed E-state index contributed by atoms with van der Waals surface area (Å²) >= 11 is 6.34. The van der Waals surface area contributed by atoms with E-state index >= 15 is 0 Å². The molecule has 0 fully saturated rings. The highest BCUT2D eigenvalue weighted by molar-refractivity contribution is 6.33. The second kappa shape index (κ2) is 6.01. The Hall–Kier alpha value is -2.10. The van der Waals surface area contributed by atoms with Crippen LogP contribution >= 0.6 is 11.6 Å². The summed E-state index contributed by atoms with van der Waals surface area (Å²) in [5.41, 5.74) is 6.46. The molecule has 0 spiro atoms. The molecule has 5 rings (SSSR count). The van der Waals surface area contributed by atoms with E-state index in [0.717, 1.165) is 48.8 Å². The number of nitrogens with one attached hydrogen (secondary N) is 1. The molecule has 2 heterocycles. The molecule has 0 saturated carbocycles. The number of rotatable bonds is 2. The molecule has 0 atom stereocenters. The standard InChI is InChI=1S/C21H20ClN3/c22-18-8-4-3-7-17(18)21-23-19-9-10-25(13-20(19)24-21)16-11-14-5-1-2-6-15(14)12-16/h1-8,16H,9-13H2,(H,23,24). The predicted octanol–water partition coefficient (Wildman–Crippen LogP) is 4.26. The Bertz CT molecular complexity index is 905. The summed E-state index contributed by atoms with van der Waals surface area (Å²) < 4.78 is 0. The zero-order valence-electron chi connectivity index (χ0n) is 14.0. The molecule has 3 nitrogen and oxygen atoms in total. The molecule has 0 unspecified atom stereocenters. The first-order valence-corrected chi connectivity index (χ1v) is 9.29. The van der Waals surface area contributed by atoms with Crippen LogP contribution in [0.4, 0.5) is 0 Å². The van der Waals surface area contributed by atoms with Gasteiger partial charge in [0.2, 0.25) is 0 Å². The second-order valence-electron chi connectivity index (χ2n) is 7.04. The third-order valence-corrected chi connectivity index (χ3v) is 5.87. The molecule has 0 bridgehead atoms. The Morgan fingerprint density at radius 1 is 1.00 bits per heavy atom. The topological polar surface area (TPSA) is 31.9 Å². The summed E-state index contributed by atoms with van der Waals surface area (Å²) in [4.78, 5) is 11.0. The fraction of sp³-hybridized carbons (Fsp3) is 0.286. The molecule has 1 aromatic heterocycles. The summed E-state index contributed by atoms with van der Waals surface area (Å²) in [6.07, 6.45) is 3.33. The van der Waals surface area contributed by atoms with Crippen molar-refractivity contribution in [1.82, 2.24) is 14.9 Å². The average molecular weight is 350 g/mol. The highest BCUT2D eigenvalue weighted by atomic mass is 35.5. The number of aromatic nitrogens is 2. The molecule has 0 radical (unpaired) electrons. The first-order valence-electron chi connectivity index (χ1n) is 8.91. The predicted molar refractivity (Wildman–Crippen MR) is 101 cm³/mol. The van der Waals surface area contributed by atoms with Crippen molar-refractivity contribution in [3.63, 3.8) is 0 Å². The normalized spacial score (nSPS) is 17.5. The minimum Gasteiger partial charge on any atom is -0.340 e. The van der Waals surface area contributed by atoms with Crippen molar-refractivity contribution in [2.75, 3.05) is 6.54 Å². The van der Waals surface area contributed by atoms with Crippen LogP contribution in [0, 0.1) is 0 Å². The van der Waals surface area contributed by atoms with Gasteiger partial charge in [0.05, 0.1) is 16.4 Å². The number of halogens is 1. The lowest BCUT2D eigenvalue weighted by Gasteiger charge is -2.31. The van der Waals surface area contributed by atoms with Gasteiger partial charge < -0.3 is 4.98 Å². The molecule has 2 aliphatic rings. The Morgan fingerprint density at radius 2 is 1.72 bits per heavy atom. The maximum absolute atomic E-state index is 6.34. The molecule has 0 amide bonds. The number of imidazole rings is 1. The van der Waals surface area contributed by atoms with Crippen molar-refractivity contribution < 1.29 is 0 Å². The third-order valence-electron chi connectivity index (χ3n) is 5.54. The van der Waals surface area contributed by atoms with Crippen LogP contribution in [0.5, 0.6) is 0 Å². The van der Waals surface area contributed by atoms with Gasteiger partial charge in [0.25, 0.3) is 0 Å². The zero-order chi connectivity index (χ0) is 16.8. The molecule has 126 valence electrons. The summed E-state index contributed by atoms with van der Waals surface area (Å²) in [5, 5.41) is 0.747. The minimum absolute atomic E-state index is 0.609. The van der Waals surface area contributed by atoms with Gasteiger partial charge in [-0.15, -0.1) is 0 Å². The van der Waals surface area contributed by atoms with Crippen LogP contribution in [-0.4, -0.2) is 27.5 Å². The van der Waals surface area contributed by atoms with Crippen LogP contribution in [0.2, 0.25) is 5.02 Å². The van der Waals surface area contributed by atoms with E-state index in [1.54, 1.807) is 0 Å². The SMILES string of the molecule is Clc1ccccc1-c1nc2c([nH]1)CN(C1Cc3ccccc3C1)CC2. The van der Waals surface area contributed by atoms with Crippen LogP contribution < -0.4 is 0 Å². The Morgan fingerprint density at radius 3 is 2.48 bits per heavy atom. The molecule has 3 aromatic rings. The maximum Gasteiger partial charge on any atom is 0.139 e. The van der Waals surface area contributed by atoms with Crippen molar-refractivity contribution in [3.05, 3.63) is 76.1 Å². The first kappa shape index (κ1) is 15.2. The van der Waals surface area contributed by atoms with Crippen LogP contribution in [0.15, 0.2) is 48.5 Å². The fourth-order valence-corrected chi connectivity index (χ4v) is 4.43. The first-order chi connectivity index (χ1) is 12.3. The maximum atomic E-state index is 6.34. The van der Waals surface area contributed by atoms with Crippen molar-refractivity contribution in [2.45, 2.75) is 31.8 Å². The van der Waals surface area contributed by atoms with Crippen LogP contribution in [0.25, 0.3) is 11.4 Å². The van der Waals surface area contributed by atoms with E-state index < -0.39 is 0 Å². The quantitative estimate of drug-likeness (QED) is 0.749. The van der Waals surface area contributed by atoms with Gasteiger partial charge in [-0.3, -0.25) is 4.90 Å². The number of H-pyrrole nitrogens is 1. The molecular weight excluding hydrogens is 330 g/mol. The highest BCUT2D eigenvalue weighted by Gasteiger charge is 2.30. The molecule has 1 aliphatic carbocycles.